The van der Waals surface area contributed by atoms with Crippen LogP contribution < -0.4 is 0 Å². The summed E-state index contributed by atoms with van der Waals surface area (Å²) in [5.74, 6) is -2.69. The zero-order valence-electron chi connectivity index (χ0n) is 12.7. The van der Waals surface area contributed by atoms with Gasteiger partial charge in [-0.15, -0.1) is 0 Å². The number of hydrogen-bond acceptors (Lipinski definition) is 0. The summed E-state index contributed by atoms with van der Waals surface area (Å²) in [6.45, 7) is 0. The summed E-state index contributed by atoms with van der Waals surface area (Å²) in [5, 5.41) is 0. The van der Waals surface area contributed by atoms with E-state index in [0.717, 1.165) is 18.2 Å². The molecule has 1 saturated carbocycles. The van der Waals surface area contributed by atoms with Gasteiger partial charge < -0.3 is 0 Å². The summed E-state index contributed by atoms with van der Waals surface area (Å²) in [6, 6.07) is 1.88. The maximum Gasteiger partial charge on any atom is 0.392 e. The van der Waals surface area contributed by atoms with Crippen LogP contribution in [0.5, 0.6) is 0 Å². The lowest BCUT2D eigenvalue weighted by Crippen LogP contribution is -2.13. The second-order valence-electron chi connectivity index (χ2n) is 6.06. The van der Waals surface area contributed by atoms with E-state index in [2.05, 4.69) is 0 Å². The largest absolute Gasteiger partial charge is 0.392 e. The Kier molecular flexibility index (Phi) is 5.93. The minimum absolute atomic E-state index is 0.00127. The molecule has 2 rings (SSSR count). The molecule has 1 aromatic rings. The topological polar surface area (TPSA) is 0 Å². The van der Waals surface area contributed by atoms with Crippen molar-refractivity contribution < 1.29 is 30.7 Å². The first-order valence-corrected chi connectivity index (χ1v) is 7.67. The molecule has 1 fully saturated rings. The van der Waals surface area contributed by atoms with Crippen LogP contribution >= 0.6 is 0 Å². The average molecular weight is 354 g/mol. The van der Waals surface area contributed by atoms with Crippen molar-refractivity contribution >= 4 is 0 Å². The predicted octanol–water partition coefficient (Wildman–Crippen LogP) is 6.68. The molecule has 0 heterocycles. The smallest absolute Gasteiger partial charge is 0.206 e. The molecule has 0 saturated heterocycles. The fourth-order valence-electron chi connectivity index (χ4n) is 3.09. The molecule has 24 heavy (non-hydrogen) atoms. The van der Waals surface area contributed by atoms with Crippen LogP contribution in [0.1, 0.15) is 55.6 Å². The molecule has 0 unspecified atom stereocenters. The molecule has 134 valence electrons. The molecule has 1 aromatic carbocycles. The highest BCUT2D eigenvalue weighted by atomic mass is 19.4. The Labute approximate surface area is 135 Å². The summed E-state index contributed by atoms with van der Waals surface area (Å²) >= 11 is 0. The van der Waals surface area contributed by atoms with Crippen LogP contribution in [0.25, 0.3) is 0 Å². The first-order chi connectivity index (χ1) is 11.2. The van der Waals surface area contributed by atoms with Gasteiger partial charge in [0.25, 0.3) is 6.43 Å². The average Bonchev–Trinajstić information content (AvgIpc) is 2.45. The van der Waals surface area contributed by atoms with Gasteiger partial charge in [0, 0.05) is 0 Å². The molecule has 0 spiro atoms. The molecule has 7 heteroatoms. The van der Waals surface area contributed by atoms with E-state index in [1.807, 2.05) is 0 Å². The first-order valence-electron chi connectivity index (χ1n) is 7.67. The highest BCUT2D eigenvalue weighted by Crippen LogP contribution is 2.38. The van der Waals surface area contributed by atoms with Gasteiger partial charge in [0.05, 0.1) is 12.0 Å². The van der Waals surface area contributed by atoms with Gasteiger partial charge in [-0.1, -0.05) is 12.2 Å². The van der Waals surface area contributed by atoms with Gasteiger partial charge in [0.2, 0.25) is 0 Å². The van der Waals surface area contributed by atoms with E-state index in [9.17, 15) is 30.7 Å². The number of halogens is 7. The first kappa shape index (κ1) is 18.8. The van der Waals surface area contributed by atoms with Crippen LogP contribution in [-0.4, -0.2) is 6.18 Å². The van der Waals surface area contributed by atoms with E-state index in [1.165, 1.54) is 6.08 Å². The normalized spacial score (nSPS) is 22.5. The van der Waals surface area contributed by atoms with Gasteiger partial charge in [0.15, 0.2) is 0 Å². The van der Waals surface area contributed by atoms with Crippen LogP contribution in [0, 0.1) is 17.6 Å². The third-order valence-corrected chi connectivity index (χ3v) is 4.32. The van der Waals surface area contributed by atoms with E-state index in [-0.39, 0.29) is 11.8 Å². The number of benzene rings is 1. The van der Waals surface area contributed by atoms with E-state index in [0.29, 0.717) is 31.2 Å². The molecular formula is C17H17F7. The molecule has 0 aromatic heterocycles. The lowest BCUT2D eigenvalue weighted by molar-refractivity contribution is -0.125. The van der Waals surface area contributed by atoms with Crippen LogP contribution in [0.3, 0.4) is 0 Å². The van der Waals surface area contributed by atoms with Crippen molar-refractivity contribution in [1.82, 2.24) is 0 Å². The molecule has 0 N–H and O–H groups in total. The molecule has 1 aliphatic rings. The number of rotatable bonds is 4. The summed E-state index contributed by atoms with van der Waals surface area (Å²) in [5.41, 5.74) is -0.894. The molecule has 0 aliphatic heterocycles. The van der Waals surface area contributed by atoms with E-state index in [1.54, 1.807) is 0 Å². The molecular weight excluding hydrogens is 337 g/mol. The van der Waals surface area contributed by atoms with Gasteiger partial charge in [-0.3, -0.25) is 0 Å². The number of alkyl halides is 5. The van der Waals surface area contributed by atoms with Crippen molar-refractivity contribution in [3.8, 4) is 0 Å². The van der Waals surface area contributed by atoms with E-state index < -0.39 is 36.2 Å². The van der Waals surface area contributed by atoms with Gasteiger partial charge in [0.1, 0.15) is 11.6 Å². The summed E-state index contributed by atoms with van der Waals surface area (Å²) < 4.78 is 88.6. The van der Waals surface area contributed by atoms with Crippen molar-refractivity contribution in [2.24, 2.45) is 5.92 Å². The monoisotopic (exact) mass is 354 g/mol. The fraction of sp³-hybridized carbons (Fsp3) is 0.529. The second kappa shape index (κ2) is 7.57. The van der Waals surface area contributed by atoms with Crippen molar-refractivity contribution in [3.63, 3.8) is 0 Å². The maximum absolute atomic E-state index is 13.6. The minimum Gasteiger partial charge on any atom is -0.206 e. The van der Waals surface area contributed by atoms with Gasteiger partial charge in [-0.25, -0.2) is 17.6 Å². The highest BCUT2D eigenvalue weighted by Gasteiger charge is 2.27. The Hall–Kier alpha value is -1.53. The Morgan fingerprint density at radius 1 is 1.00 bits per heavy atom. The molecule has 0 atom stereocenters. The van der Waals surface area contributed by atoms with Gasteiger partial charge in [-0.2, -0.15) is 13.2 Å². The lowest BCUT2D eigenvalue weighted by Gasteiger charge is -2.27. The fourth-order valence-corrected chi connectivity index (χ4v) is 3.09. The van der Waals surface area contributed by atoms with Crippen LogP contribution in [0.2, 0.25) is 0 Å². The van der Waals surface area contributed by atoms with E-state index >= 15 is 0 Å². The predicted molar refractivity (Wildman–Crippen MR) is 75.8 cm³/mol. The standard InChI is InChI=1S/C17H17F7/c18-13-8-12(9-14(19)15(13)16(20)21)11-5-3-10(4-6-11)2-1-7-17(22,23)24/h1-2,8-11,16H,3-7H2/b2-1+. The summed E-state index contributed by atoms with van der Waals surface area (Å²) in [6.07, 6.45) is -3.49. The third kappa shape index (κ3) is 4.98. The van der Waals surface area contributed by atoms with Crippen molar-refractivity contribution in [2.45, 2.75) is 50.6 Å². The third-order valence-electron chi connectivity index (χ3n) is 4.32. The van der Waals surface area contributed by atoms with Crippen LogP contribution in [0.4, 0.5) is 30.7 Å². The van der Waals surface area contributed by atoms with Crippen molar-refractivity contribution in [2.75, 3.05) is 0 Å². The van der Waals surface area contributed by atoms with E-state index in [4.69, 9.17) is 0 Å². The Morgan fingerprint density at radius 3 is 2.00 bits per heavy atom. The second-order valence-corrected chi connectivity index (χ2v) is 6.06. The van der Waals surface area contributed by atoms with Gasteiger partial charge in [-0.05, 0) is 55.2 Å². The Balaban J connectivity index is 1.98. The Morgan fingerprint density at radius 2 is 1.54 bits per heavy atom. The molecule has 0 nitrogen and oxygen atoms in total. The SMILES string of the molecule is Fc1cc(C2CCC(/C=C/CC(F)(F)F)CC2)cc(F)c1C(F)F. The maximum atomic E-state index is 13.6. The molecule has 0 radical (unpaired) electrons. The number of hydrogen-bond donors (Lipinski definition) is 0. The summed E-state index contributed by atoms with van der Waals surface area (Å²) in [4.78, 5) is 0. The van der Waals surface area contributed by atoms with Crippen molar-refractivity contribution in [1.29, 1.82) is 0 Å². The Bertz CT molecular complexity index is 558. The zero-order valence-corrected chi connectivity index (χ0v) is 12.7. The van der Waals surface area contributed by atoms with Crippen molar-refractivity contribution in [3.05, 3.63) is 47.0 Å². The lowest BCUT2D eigenvalue weighted by atomic mass is 9.78. The van der Waals surface area contributed by atoms with Crippen LogP contribution in [0.15, 0.2) is 24.3 Å². The quantitative estimate of drug-likeness (QED) is 0.418. The van der Waals surface area contributed by atoms with Gasteiger partial charge >= 0.3 is 6.18 Å². The molecule has 0 amide bonds. The highest BCUT2D eigenvalue weighted by molar-refractivity contribution is 5.29. The number of allylic oxidation sites excluding steroid dienone is 2. The summed E-state index contributed by atoms with van der Waals surface area (Å²) in [7, 11) is 0. The molecule has 0 bridgehead atoms. The molecule has 1 aliphatic carbocycles. The minimum atomic E-state index is -4.23. The van der Waals surface area contributed by atoms with Crippen LogP contribution in [-0.2, 0) is 0 Å². The zero-order chi connectivity index (χ0) is 17.9.